The predicted molar refractivity (Wildman–Crippen MR) is 92.4 cm³/mol. The van der Waals surface area contributed by atoms with E-state index >= 15 is 0 Å². The standard InChI is InChI=1S/C15H16N4O4S/c1-18-12-11(13(22)17-14(18)23)19(7-9-5-3-2-4-6-9)15(16-12)24-8-10(20)21/h2-6,15-16H,7-8H2,1H3,(H,20,21)(H,17,22,23). The molecule has 1 aliphatic rings. The van der Waals surface area contributed by atoms with Crippen molar-refractivity contribution in [1.82, 2.24) is 9.55 Å². The molecular weight excluding hydrogens is 332 g/mol. The molecule has 2 heterocycles. The van der Waals surface area contributed by atoms with Crippen molar-refractivity contribution in [2.45, 2.75) is 12.0 Å². The van der Waals surface area contributed by atoms with Crippen LogP contribution in [-0.4, -0.2) is 31.9 Å². The van der Waals surface area contributed by atoms with Gasteiger partial charge in [-0.2, -0.15) is 0 Å². The molecule has 1 aliphatic heterocycles. The Morgan fingerprint density at radius 3 is 2.67 bits per heavy atom. The molecule has 1 atom stereocenters. The van der Waals surface area contributed by atoms with Gasteiger partial charge < -0.3 is 15.3 Å². The molecule has 8 nitrogen and oxygen atoms in total. The molecule has 1 unspecified atom stereocenters. The number of H-pyrrole nitrogens is 1. The molecule has 9 heteroatoms. The summed E-state index contributed by atoms with van der Waals surface area (Å²) in [6.07, 6.45) is 0. The minimum Gasteiger partial charge on any atom is -0.481 e. The van der Waals surface area contributed by atoms with Crippen LogP contribution in [0.5, 0.6) is 0 Å². The van der Waals surface area contributed by atoms with Crippen LogP contribution in [-0.2, 0) is 18.4 Å². The zero-order valence-corrected chi connectivity index (χ0v) is 13.7. The van der Waals surface area contributed by atoms with Crippen molar-refractivity contribution in [3.8, 4) is 0 Å². The molecular formula is C15H16N4O4S. The second kappa shape index (κ2) is 6.44. The molecule has 3 N–H and O–H groups in total. The molecule has 126 valence electrons. The number of fused-ring (bicyclic) bond motifs is 1. The summed E-state index contributed by atoms with van der Waals surface area (Å²) in [4.78, 5) is 39.0. The predicted octanol–water partition coefficient (Wildman–Crippen LogP) is 0.607. The van der Waals surface area contributed by atoms with Gasteiger partial charge in [-0.3, -0.25) is 19.1 Å². The van der Waals surface area contributed by atoms with Crippen LogP contribution in [0.3, 0.4) is 0 Å². The Labute approximate surface area is 141 Å². The normalized spacial score (nSPS) is 15.9. The largest absolute Gasteiger partial charge is 0.481 e. The first-order valence-corrected chi connectivity index (χ1v) is 8.26. The SMILES string of the molecule is Cn1c2c(c(=O)[nH]c1=O)N(Cc1ccccc1)C(SCC(=O)O)N2. The van der Waals surface area contributed by atoms with Crippen molar-refractivity contribution >= 4 is 29.2 Å². The maximum atomic E-state index is 12.3. The van der Waals surface area contributed by atoms with Crippen molar-refractivity contribution < 1.29 is 9.90 Å². The third-order valence-electron chi connectivity index (χ3n) is 3.69. The van der Waals surface area contributed by atoms with E-state index in [1.807, 2.05) is 30.3 Å². The Morgan fingerprint density at radius 2 is 2.00 bits per heavy atom. The zero-order valence-electron chi connectivity index (χ0n) is 12.9. The molecule has 0 amide bonds. The molecule has 0 saturated carbocycles. The molecule has 3 rings (SSSR count). The van der Waals surface area contributed by atoms with E-state index in [0.29, 0.717) is 18.1 Å². The number of aromatic amines is 1. The quantitative estimate of drug-likeness (QED) is 0.726. The maximum Gasteiger partial charge on any atom is 0.329 e. The lowest BCUT2D eigenvalue weighted by atomic mass is 10.2. The number of benzene rings is 1. The number of nitrogens with one attached hydrogen (secondary N) is 2. The number of nitrogens with zero attached hydrogens (tertiary/aromatic N) is 2. The van der Waals surface area contributed by atoms with E-state index in [1.165, 1.54) is 4.57 Å². The van der Waals surface area contributed by atoms with Crippen LogP contribution >= 0.6 is 11.8 Å². The van der Waals surface area contributed by atoms with Gasteiger partial charge in [0.1, 0.15) is 11.5 Å². The van der Waals surface area contributed by atoms with Crippen molar-refractivity contribution in [3.63, 3.8) is 0 Å². The van der Waals surface area contributed by atoms with Crippen molar-refractivity contribution in [2.24, 2.45) is 7.05 Å². The molecule has 0 fully saturated rings. The number of hydrogen-bond acceptors (Lipinski definition) is 6. The van der Waals surface area contributed by atoms with E-state index in [2.05, 4.69) is 10.3 Å². The van der Waals surface area contributed by atoms with E-state index in [-0.39, 0.29) is 5.75 Å². The number of hydrogen-bond donors (Lipinski definition) is 3. The molecule has 1 aromatic carbocycles. The Balaban J connectivity index is 2.01. The van der Waals surface area contributed by atoms with Crippen LogP contribution in [0.15, 0.2) is 39.9 Å². The number of aliphatic carboxylic acids is 1. The van der Waals surface area contributed by atoms with Gasteiger partial charge >= 0.3 is 11.7 Å². The second-order valence-corrected chi connectivity index (χ2v) is 6.40. The highest BCUT2D eigenvalue weighted by Crippen LogP contribution is 2.35. The van der Waals surface area contributed by atoms with Gasteiger partial charge in [0.15, 0.2) is 5.50 Å². The lowest BCUT2D eigenvalue weighted by Gasteiger charge is -2.25. The first-order valence-electron chi connectivity index (χ1n) is 7.21. The van der Waals surface area contributed by atoms with Gasteiger partial charge in [0.05, 0.1) is 5.75 Å². The van der Waals surface area contributed by atoms with E-state index in [1.54, 1.807) is 11.9 Å². The van der Waals surface area contributed by atoms with Gasteiger partial charge in [0, 0.05) is 13.6 Å². The molecule has 2 aromatic rings. The highest BCUT2D eigenvalue weighted by Gasteiger charge is 2.34. The third-order valence-corrected chi connectivity index (χ3v) is 4.79. The minimum atomic E-state index is -0.944. The molecule has 0 bridgehead atoms. The Kier molecular flexibility index (Phi) is 4.34. The van der Waals surface area contributed by atoms with Crippen LogP contribution in [0.1, 0.15) is 5.56 Å². The minimum absolute atomic E-state index is 0.122. The number of rotatable bonds is 5. The van der Waals surface area contributed by atoms with Gasteiger partial charge in [-0.1, -0.05) is 30.3 Å². The number of carboxylic acid groups (broad SMARTS) is 1. The van der Waals surface area contributed by atoms with Crippen LogP contribution < -0.4 is 21.5 Å². The van der Waals surface area contributed by atoms with Crippen LogP contribution in [0.2, 0.25) is 0 Å². The zero-order chi connectivity index (χ0) is 17.3. The van der Waals surface area contributed by atoms with Gasteiger partial charge in [0.25, 0.3) is 5.56 Å². The van der Waals surface area contributed by atoms with Crippen molar-refractivity contribution in [3.05, 3.63) is 56.7 Å². The molecule has 0 radical (unpaired) electrons. The first kappa shape index (κ1) is 16.2. The second-order valence-electron chi connectivity index (χ2n) is 5.33. The third kappa shape index (κ3) is 3.02. The van der Waals surface area contributed by atoms with Gasteiger partial charge in [-0.25, -0.2) is 4.79 Å². The molecule has 1 aromatic heterocycles. The number of thioether (sulfide) groups is 1. The summed E-state index contributed by atoms with van der Waals surface area (Å²) in [7, 11) is 1.55. The highest BCUT2D eigenvalue weighted by molar-refractivity contribution is 8.00. The lowest BCUT2D eigenvalue weighted by molar-refractivity contribution is -0.133. The summed E-state index contributed by atoms with van der Waals surface area (Å²) in [6.45, 7) is 0.416. The topological polar surface area (TPSA) is 107 Å². The van der Waals surface area contributed by atoms with Crippen LogP contribution in [0, 0.1) is 0 Å². The number of aromatic nitrogens is 2. The highest BCUT2D eigenvalue weighted by atomic mass is 32.2. The summed E-state index contributed by atoms with van der Waals surface area (Å²) in [5.41, 5.74) is -0.152. The molecule has 0 aliphatic carbocycles. The summed E-state index contributed by atoms with van der Waals surface area (Å²) < 4.78 is 1.32. The average molecular weight is 348 g/mol. The average Bonchev–Trinajstić information content (AvgIpc) is 2.91. The first-order chi connectivity index (χ1) is 11.5. The summed E-state index contributed by atoms with van der Waals surface area (Å²) in [6, 6.07) is 9.53. The van der Waals surface area contributed by atoms with Crippen LogP contribution in [0.4, 0.5) is 11.5 Å². The van der Waals surface area contributed by atoms with Gasteiger partial charge in [0.2, 0.25) is 0 Å². The van der Waals surface area contributed by atoms with E-state index in [0.717, 1.165) is 17.3 Å². The Hall–Kier alpha value is -2.68. The molecule has 24 heavy (non-hydrogen) atoms. The Morgan fingerprint density at radius 1 is 1.29 bits per heavy atom. The maximum absolute atomic E-state index is 12.3. The smallest absolute Gasteiger partial charge is 0.329 e. The number of anilines is 2. The summed E-state index contributed by atoms with van der Waals surface area (Å²) in [5, 5.41) is 12.0. The number of carboxylic acids is 1. The van der Waals surface area contributed by atoms with E-state index in [4.69, 9.17) is 5.11 Å². The van der Waals surface area contributed by atoms with Crippen LogP contribution in [0.25, 0.3) is 0 Å². The summed E-state index contributed by atoms with van der Waals surface area (Å²) in [5.74, 6) is -0.675. The summed E-state index contributed by atoms with van der Waals surface area (Å²) >= 11 is 1.15. The van der Waals surface area contributed by atoms with Crippen molar-refractivity contribution in [1.29, 1.82) is 0 Å². The van der Waals surface area contributed by atoms with Gasteiger partial charge in [-0.05, 0) is 5.56 Å². The fraction of sp³-hybridized carbons (Fsp3) is 0.267. The molecule has 0 saturated heterocycles. The lowest BCUT2D eigenvalue weighted by Crippen LogP contribution is -2.36. The Bertz CT molecular complexity index is 877. The van der Waals surface area contributed by atoms with E-state index in [9.17, 15) is 14.4 Å². The van der Waals surface area contributed by atoms with E-state index < -0.39 is 22.7 Å². The molecule has 0 spiro atoms. The number of carbonyl (C=O) groups is 1. The fourth-order valence-corrected chi connectivity index (χ4v) is 3.43. The fourth-order valence-electron chi connectivity index (χ4n) is 2.58. The monoisotopic (exact) mass is 348 g/mol. The van der Waals surface area contributed by atoms with Gasteiger partial charge in [-0.15, -0.1) is 11.8 Å². The van der Waals surface area contributed by atoms with Crippen molar-refractivity contribution in [2.75, 3.05) is 16.0 Å².